The highest BCUT2D eigenvalue weighted by atomic mass is 19.1. The number of H-pyrrole nitrogens is 1. The van der Waals surface area contributed by atoms with Crippen molar-refractivity contribution in [3.63, 3.8) is 0 Å². The van der Waals surface area contributed by atoms with Crippen LogP contribution in [0.1, 0.15) is 0 Å². The van der Waals surface area contributed by atoms with Gasteiger partial charge in [-0.3, -0.25) is 9.78 Å². The van der Waals surface area contributed by atoms with Crippen molar-refractivity contribution >= 4 is 0 Å². The Morgan fingerprint density at radius 2 is 2.09 bits per heavy atom. The molecular formula is C10H14FN3O8. The molecule has 12 heteroatoms. The van der Waals surface area contributed by atoms with Crippen LogP contribution in [-0.4, -0.2) is 71.6 Å². The zero-order chi connectivity index (χ0) is 16.7. The summed E-state index contributed by atoms with van der Waals surface area (Å²) in [5.41, 5.74) is -5.35. The number of aromatic amines is 1. The van der Waals surface area contributed by atoms with Crippen LogP contribution in [0.2, 0.25) is 0 Å². The largest absolute Gasteiger partial charge is 0.394 e. The number of aromatic nitrogens is 2. The molecule has 1 aromatic heterocycles. The summed E-state index contributed by atoms with van der Waals surface area (Å²) in [5, 5.41) is 48.8. The Balaban J connectivity index is 2.67. The zero-order valence-electron chi connectivity index (χ0n) is 11.0. The maximum absolute atomic E-state index is 12.7. The van der Waals surface area contributed by atoms with Crippen molar-refractivity contribution in [3.05, 3.63) is 33.1 Å². The van der Waals surface area contributed by atoms with Crippen molar-refractivity contribution in [2.45, 2.75) is 23.8 Å². The first-order chi connectivity index (χ1) is 10.2. The molecule has 0 aromatic carbocycles. The van der Waals surface area contributed by atoms with Gasteiger partial charge in [0.05, 0.1) is 6.61 Å². The third-order valence-electron chi connectivity index (χ3n) is 3.40. The van der Waals surface area contributed by atoms with Crippen LogP contribution in [-0.2, 0) is 10.6 Å². The van der Waals surface area contributed by atoms with Gasteiger partial charge in [-0.15, -0.1) is 5.06 Å². The molecule has 0 saturated carbocycles. The lowest BCUT2D eigenvalue weighted by Crippen LogP contribution is -2.68. The van der Waals surface area contributed by atoms with Crippen LogP contribution in [0, 0.1) is 0 Å². The smallest absolute Gasteiger partial charge is 0.332 e. The predicted octanol–water partition coefficient (Wildman–Crippen LogP) is -3.80. The molecule has 0 bridgehead atoms. The summed E-state index contributed by atoms with van der Waals surface area (Å²) in [7, 11) is 0. The highest BCUT2D eigenvalue weighted by Crippen LogP contribution is 2.42. The first-order valence-corrected chi connectivity index (χ1v) is 5.98. The number of hydrogen-bond acceptors (Lipinski definition) is 9. The van der Waals surface area contributed by atoms with Gasteiger partial charge >= 0.3 is 11.6 Å². The molecule has 4 atom stereocenters. The Morgan fingerprint density at radius 3 is 2.59 bits per heavy atom. The average Bonchev–Trinajstić information content (AvgIpc) is 2.68. The van der Waals surface area contributed by atoms with E-state index in [9.17, 15) is 34.5 Å². The van der Waals surface area contributed by atoms with Gasteiger partial charge in [-0.25, -0.2) is 13.8 Å². The minimum atomic E-state index is -3.24. The molecule has 1 fully saturated rings. The van der Waals surface area contributed by atoms with E-state index in [0.717, 1.165) is 6.07 Å². The Morgan fingerprint density at radius 1 is 1.45 bits per heavy atom. The van der Waals surface area contributed by atoms with Crippen LogP contribution in [0.3, 0.4) is 0 Å². The fourth-order valence-corrected chi connectivity index (χ4v) is 2.25. The zero-order valence-corrected chi connectivity index (χ0v) is 11.0. The van der Waals surface area contributed by atoms with Gasteiger partial charge in [-0.2, -0.15) is 0 Å². The fourth-order valence-electron chi connectivity index (χ4n) is 2.25. The molecule has 1 aromatic rings. The molecule has 124 valence electrons. The molecule has 6 N–H and O–H groups in total. The third kappa shape index (κ3) is 2.09. The summed E-state index contributed by atoms with van der Waals surface area (Å²) < 4.78 is 17.8. The second kappa shape index (κ2) is 5.51. The van der Waals surface area contributed by atoms with Gasteiger partial charge in [0.15, 0.2) is 6.80 Å². The fraction of sp³-hybridized carbons (Fsp3) is 0.600. The van der Waals surface area contributed by atoms with E-state index >= 15 is 0 Å². The first-order valence-electron chi connectivity index (χ1n) is 5.98. The van der Waals surface area contributed by atoms with Crippen molar-refractivity contribution in [2.75, 3.05) is 13.4 Å². The van der Waals surface area contributed by atoms with E-state index in [1.54, 1.807) is 4.98 Å². The summed E-state index contributed by atoms with van der Waals surface area (Å²) >= 11 is 0. The Labute approximate surface area is 121 Å². The van der Waals surface area contributed by atoms with Crippen LogP contribution in [0.15, 0.2) is 21.9 Å². The number of halogens is 1. The topological polar surface area (TPSA) is 168 Å². The molecule has 0 spiro atoms. The molecule has 1 aliphatic rings. The number of hydrogen-bond donors (Lipinski definition) is 6. The average molecular weight is 323 g/mol. The van der Waals surface area contributed by atoms with E-state index in [1.807, 2.05) is 0 Å². The van der Waals surface area contributed by atoms with Crippen molar-refractivity contribution in [1.29, 1.82) is 0 Å². The molecule has 0 radical (unpaired) electrons. The number of alkyl halides is 1. The van der Waals surface area contributed by atoms with Crippen molar-refractivity contribution in [2.24, 2.45) is 0 Å². The van der Waals surface area contributed by atoms with Gasteiger partial charge in [-0.05, 0) is 0 Å². The molecule has 0 amide bonds. The van der Waals surface area contributed by atoms with Crippen LogP contribution < -0.4 is 11.2 Å². The number of aliphatic hydroxyl groups is 4. The van der Waals surface area contributed by atoms with Crippen molar-refractivity contribution in [1.82, 2.24) is 14.6 Å². The Kier molecular flexibility index (Phi) is 4.18. The predicted molar refractivity (Wildman–Crippen MR) is 64.0 cm³/mol. The monoisotopic (exact) mass is 323 g/mol. The van der Waals surface area contributed by atoms with Crippen LogP contribution >= 0.6 is 0 Å². The lowest BCUT2D eigenvalue weighted by Gasteiger charge is -2.40. The first kappa shape index (κ1) is 16.7. The number of aliphatic hydroxyl groups excluding tert-OH is 2. The minimum Gasteiger partial charge on any atom is -0.394 e. The number of rotatable bonds is 4. The molecule has 11 nitrogen and oxygen atoms in total. The van der Waals surface area contributed by atoms with E-state index in [1.165, 1.54) is 0 Å². The highest BCUT2D eigenvalue weighted by molar-refractivity contribution is 5.04. The molecule has 2 rings (SSSR count). The summed E-state index contributed by atoms with van der Waals surface area (Å²) in [4.78, 5) is 24.5. The van der Waals surface area contributed by atoms with Gasteiger partial charge in [0, 0.05) is 12.3 Å². The van der Waals surface area contributed by atoms with E-state index in [-0.39, 0.29) is 4.57 Å². The summed E-state index contributed by atoms with van der Waals surface area (Å²) in [6.07, 6.45) is -3.15. The minimum absolute atomic E-state index is 0.228. The van der Waals surface area contributed by atoms with Gasteiger partial charge in [0.2, 0.25) is 5.72 Å². The number of nitrogens with one attached hydrogen (secondary N) is 1. The molecule has 0 unspecified atom stereocenters. The van der Waals surface area contributed by atoms with E-state index in [0.29, 0.717) is 6.20 Å². The van der Waals surface area contributed by atoms with Gasteiger partial charge < -0.3 is 30.4 Å². The van der Waals surface area contributed by atoms with Crippen LogP contribution in [0.25, 0.3) is 0 Å². The number of hydroxylamine groups is 2. The van der Waals surface area contributed by atoms with Crippen molar-refractivity contribution in [3.8, 4) is 0 Å². The molecular weight excluding hydrogens is 309 g/mol. The van der Waals surface area contributed by atoms with Crippen LogP contribution in [0.4, 0.5) is 4.39 Å². The normalized spacial score (nSPS) is 35.2. The highest BCUT2D eigenvalue weighted by Gasteiger charge is 2.70. The number of nitrogens with zero attached hydrogens (tertiary/aromatic N) is 2. The van der Waals surface area contributed by atoms with Gasteiger partial charge in [0.25, 0.3) is 5.56 Å². The van der Waals surface area contributed by atoms with Gasteiger partial charge in [-0.1, -0.05) is 0 Å². The molecule has 0 aliphatic carbocycles. The number of ether oxygens (including phenoxy) is 1. The van der Waals surface area contributed by atoms with E-state index in [2.05, 4.69) is 0 Å². The molecule has 1 aliphatic heterocycles. The standard InChI is InChI=1S/C10H14FN3O8/c11-4-14(21)9(19)7(17)5(3-15)22-10(9,20)13-2-1-6(16)12-8(13)18/h1-2,5,7,15,17,19-21H,3-4H2,(H,12,16,18)/t5-,7-,9-,10+/m1/s1. The van der Waals surface area contributed by atoms with Gasteiger partial charge in [0.1, 0.15) is 12.2 Å². The second-order valence-corrected chi connectivity index (χ2v) is 4.62. The Bertz CT molecular complexity index is 664. The lowest BCUT2D eigenvalue weighted by molar-refractivity contribution is -0.416. The Hall–Kier alpha value is -1.67. The SMILES string of the molecule is O=c1ccn([C@@]2(O)O[C@H](CO)[C@@H](O)[C@]2(O)N(O)CF)c(=O)[nH]1. The van der Waals surface area contributed by atoms with Crippen LogP contribution in [0.5, 0.6) is 0 Å². The molecule has 1 saturated heterocycles. The summed E-state index contributed by atoms with van der Waals surface area (Å²) in [6.45, 7) is -2.68. The maximum atomic E-state index is 12.7. The van der Waals surface area contributed by atoms with E-state index in [4.69, 9.17) is 9.84 Å². The van der Waals surface area contributed by atoms with E-state index < -0.39 is 53.6 Å². The summed E-state index contributed by atoms with van der Waals surface area (Å²) in [6, 6.07) is 0.777. The molecule has 2 heterocycles. The summed E-state index contributed by atoms with van der Waals surface area (Å²) in [5.74, 6) is -3.19. The molecule has 22 heavy (non-hydrogen) atoms. The third-order valence-corrected chi connectivity index (χ3v) is 3.40. The second-order valence-electron chi connectivity index (χ2n) is 4.62. The lowest BCUT2D eigenvalue weighted by atomic mass is 10.0. The maximum Gasteiger partial charge on any atom is 0.332 e. The van der Waals surface area contributed by atoms with Crippen molar-refractivity contribution < 1.29 is 34.8 Å². The quantitative estimate of drug-likeness (QED) is 0.185.